The molecule has 3 aromatic carbocycles. The monoisotopic (exact) mass is 640 g/mol. The fraction of sp³-hybridized carbons (Fsp3) is 0.233. The minimum atomic E-state index is -1.48. The SMILES string of the molecule is O=C(O)CCC(NC(=O)c1cccc(O)c1O)C(=O)N(CCNC(=O)c1cccc(O)c1O)CCNC(=O)c1cccc(O)c1O. The fourth-order valence-electron chi connectivity index (χ4n) is 4.26. The number of aliphatic carboxylic acids is 1. The predicted octanol–water partition coefficient (Wildman–Crippen LogP) is 0.572. The molecule has 10 N–H and O–H groups in total. The maximum atomic E-state index is 13.7. The summed E-state index contributed by atoms with van der Waals surface area (Å²) in [5, 5.41) is 75.7. The van der Waals surface area contributed by atoms with Crippen LogP contribution in [0.15, 0.2) is 54.6 Å². The van der Waals surface area contributed by atoms with E-state index in [0.29, 0.717) is 0 Å². The second-order valence-electron chi connectivity index (χ2n) is 9.82. The van der Waals surface area contributed by atoms with Gasteiger partial charge in [-0.25, -0.2) is 0 Å². The fourth-order valence-corrected chi connectivity index (χ4v) is 4.26. The van der Waals surface area contributed by atoms with E-state index in [1.54, 1.807) is 0 Å². The Bertz CT molecular complexity index is 1560. The summed E-state index contributed by atoms with van der Waals surface area (Å²) in [5.74, 6) is -8.50. The number of nitrogens with zero attached hydrogens (tertiary/aromatic N) is 1. The van der Waals surface area contributed by atoms with Gasteiger partial charge in [0.1, 0.15) is 6.04 Å². The van der Waals surface area contributed by atoms with E-state index < -0.39 is 88.5 Å². The third-order valence-corrected chi connectivity index (χ3v) is 6.67. The number of rotatable bonds is 14. The molecule has 3 aromatic rings. The molecular weight excluding hydrogens is 608 g/mol. The number of phenols is 6. The lowest BCUT2D eigenvalue weighted by Gasteiger charge is -2.28. The molecule has 0 saturated heterocycles. The summed E-state index contributed by atoms with van der Waals surface area (Å²) in [7, 11) is 0. The highest BCUT2D eigenvalue weighted by molar-refractivity contribution is 6.00. The van der Waals surface area contributed by atoms with Crippen LogP contribution in [0.2, 0.25) is 0 Å². The third-order valence-electron chi connectivity index (χ3n) is 6.67. The maximum Gasteiger partial charge on any atom is 0.303 e. The number of hydrogen-bond acceptors (Lipinski definition) is 11. The lowest BCUT2D eigenvalue weighted by molar-refractivity contribution is -0.138. The van der Waals surface area contributed by atoms with Crippen molar-refractivity contribution in [3.8, 4) is 34.5 Å². The summed E-state index contributed by atoms with van der Waals surface area (Å²) in [6.45, 7) is -0.996. The van der Waals surface area contributed by atoms with E-state index in [1.165, 1.54) is 48.5 Å². The number of carbonyl (C=O) groups excluding carboxylic acids is 4. The minimum absolute atomic E-state index is 0.242. The van der Waals surface area contributed by atoms with E-state index in [4.69, 9.17) is 0 Å². The van der Waals surface area contributed by atoms with Crippen LogP contribution in [0.4, 0.5) is 0 Å². The number of aromatic hydroxyl groups is 6. The number of phenolic OH excluding ortho intramolecular Hbond substituents is 6. The molecule has 0 heterocycles. The number of carboxylic acids is 1. The molecule has 16 heteroatoms. The largest absolute Gasteiger partial charge is 0.504 e. The van der Waals surface area contributed by atoms with Crippen molar-refractivity contribution in [3.63, 3.8) is 0 Å². The van der Waals surface area contributed by atoms with Gasteiger partial charge in [0.15, 0.2) is 34.5 Å². The zero-order valence-corrected chi connectivity index (χ0v) is 24.1. The molecule has 0 aliphatic heterocycles. The van der Waals surface area contributed by atoms with E-state index >= 15 is 0 Å². The van der Waals surface area contributed by atoms with E-state index in [9.17, 15) is 59.7 Å². The van der Waals surface area contributed by atoms with Gasteiger partial charge in [-0.3, -0.25) is 24.0 Å². The third kappa shape index (κ3) is 8.68. The summed E-state index contributed by atoms with van der Waals surface area (Å²) < 4.78 is 0. The molecule has 0 aliphatic carbocycles. The van der Waals surface area contributed by atoms with Gasteiger partial charge in [-0.2, -0.15) is 0 Å². The molecule has 1 atom stereocenters. The van der Waals surface area contributed by atoms with Gasteiger partial charge < -0.3 is 56.6 Å². The van der Waals surface area contributed by atoms with Crippen molar-refractivity contribution >= 4 is 29.6 Å². The second-order valence-corrected chi connectivity index (χ2v) is 9.82. The van der Waals surface area contributed by atoms with Gasteiger partial charge in [0.25, 0.3) is 17.7 Å². The number of hydrogen-bond donors (Lipinski definition) is 10. The van der Waals surface area contributed by atoms with Gasteiger partial charge in [0.2, 0.25) is 5.91 Å². The van der Waals surface area contributed by atoms with Crippen LogP contribution in [0.3, 0.4) is 0 Å². The predicted molar refractivity (Wildman–Crippen MR) is 159 cm³/mol. The zero-order chi connectivity index (χ0) is 34.0. The summed E-state index contributed by atoms with van der Waals surface area (Å²) >= 11 is 0. The van der Waals surface area contributed by atoms with Crippen LogP contribution in [-0.2, 0) is 9.59 Å². The number of carboxylic acid groups (broad SMARTS) is 1. The summed E-state index contributed by atoms with van der Waals surface area (Å²) in [6, 6.07) is 9.54. The van der Waals surface area contributed by atoms with Crippen LogP contribution in [0.25, 0.3) is 0 Å². The summed E-state index contributed by atoms with van der Waals surface area (Å²) in [6.07, 6.45) is -0.958. The van der Waals surface area contributed by atoms with Crippen molar-refractivity contribution in [2.45, 2.75) is 18.9 Å². The maximum absolute atomic E-state index is 13.7. The molecule has 1 unspecified atom stereocenters. The highest BCUT2D eigenvalue weighted by Crippen LogP contribution is 2.29. The van der Waals surface area contributed by atoms with Crippen molar-refractivity contribution < 1.29 is 59.7 Å². The first-order chi connectivity index (χ1) is 21.8. The van der Waals surface area contributed by atoms with Crippen molar-refractivity contribution in [3.05, 3.63) is 71.3 Å². The van der Waals surface area contributed by atoms with Gasteiger partial charge in [-0.15, -0.1) is 0 Å². The Morgan fingerprint density at radius 2 is 1.00 bits per heavy atom. The average Bonchev–Trinajstić information content (AvgIpc) is 3.01. The Labute approximate surface area is 261 Å². The standard InChI is InChI=1S/C30H32N4O12/c35-20-7-1-4-16(24(20)40)27(43)31-12-14-34(15-13-32-28(44)17-5-2-8-21(36)25(17)41)30(46)19(10-11-23(38)39)33-29(45)18-6-3-9-22(37)26(18)42/h1-9,19,35-37,40-42H,10-15H2,(H,31,43)(H,32,44)(H,33,45)(H,38,39). The number of nitrogens with one attached hydrogen (secondary N) is 3. The molecule has 3 rings (SSSR count). The molecule has 0 aliphatic rings. The quantitative estimate of drug-likeness (QED) is 0.108. The van der Waals surface area contributed by atoms with Crippen molar-refractivity contribution in [1.82, 2.24) is 20.9 Å². The Morgan fingerprint density at radius 3 is 1.39 bits per heavy atom. The van der Waals surface area contributed by atoms with Gasteiger partial charge in [-0.05, 0) is 42.8 Å². The molecular formula is C30H32N4O12. The Hall–Kier alpha value is -6.19. The average molecular weight is 641 g/mol. The molecule has 0 spiro atoms. The molecule has 0 bridgehead atoms. The molecule has 0 fully saturated rings. The van der Waals surface area contributed by atoms with Crippen LogP contribution >= 0.6 is 0 Å². The second kappa shape index (κ2) is 15.5. The number of amides is 4. The smallest absolute Gasteiger partial charge is 0.303 e. The number of carbonyl (C=O) groups is 5. The van der Waals surface area contributed by atoms with E-state index in [0.717, 1.165) is 11.0 Å². The minimum Gasteiger partial charge on any atom is -0.504 e. The van der Waals surface area contributed by atoms with Gasteiger partial charge in [0.05, 0.1) is 16.7 Å². The number of para-hydroxylation sites is 3. The van der Waals surface area contributed by atoms with Crippen molar-refractivity contribution in [2.24, 2.45) is 0 Å². The first-order valence-corrected chi connectivity index (χ1v) is 13.7. The van der Waals surface area contributed by atoms with Crippen LogP contribution in [0.5, 0.6) is 34.5 Å². The van der Waals surface area contributed by atoms with Gasteiger partial charge >= 0.3 is 5.97 Å². The first-order valence-electron chi connectivity index (χ1n) is 13.7. The molecule has 0 saturated carbocycles. The summed E-state index contributed by atoms with van der Waals surface area (Å²) in [4.78, 5) is 64.3. The van der Waals surface area contributed by atoms with Crippen molar-refractivity contribution in [1.29, 1.82) is 0 Å². The van der Waals surface area contributed by atoms with Crippen LogP contribution < -0.4 is 16.0 Å². The van der Waals surface area contributed by atoms with Gasteiger partial charge in [-0.1, -0.05) is 18.2 Å². The van der Waals surface area contributed by atoms with Crippen LogP contribution in [0.1, 0.15) is 43.9 Å². The Balaban J connectivity index is 1.80. The molecule has 0 aromatic heterocycles. The topological polar surface area (TPSA) is 266 Å². The Kier molecular flexibility index (Phi) is 11.6. The molecule has 0 radical (unpaired) electrons. The van der Waals surface area contributed by atoms with E-state index in [1.807, 2.05) is 0 Å². The number of benzene rings is 3. The van der Waals surface area contributed by atoms with Crippen LogP contribution in [-0.4, -0.2) is 102 Å². The molecule has 4 amide bonds. The van der Waals surface area contributed by atoms with Crippen molar-refractivity contribution in [2.75, 3.05) is 26.2 Å². The summed E-state index contributed by atoms with van der Waals surface area (Å²) in [5.41, 5.74) is -0.904. The molecule has 46 heavy (non-hydrogen) atoms. The molecule has 16 nitrogen and oxygen atoms in total. The van der Waals surface area contributed by atoms with Gasteiger partial charge in [0, 0.05) is 32.6 Å². The normalized spacial score (nSPS) is 11.2. The lowest BCUT2D eigenvalue weighted by atomic mass is 10.1. The molecule has 244 valence electrons. The van der Waals surface area contributed by atoms with Crippen LogP contribution in [0, 0.1) is 0 Å². The van der Waals surface area contributed by atoms with E-state index in [-0.39, 0.29) is 37.3 Å². The Morgan fingerprint density at radius 1 is 0.609 bits per heavy atom. The lowest BCUT2D eigenvalue weighted by Crippen LogP contribution is -2.52. The van der Waals surface area contributed by atoms with E-state index in [2.05, 4.69) is 16.0 Å². The first kappa shape index (κ1) is 34.3. The highest BCUT2D eigenvalue weighted by atomic mass is 16.4. The highest BCUT2D eigenvalue weighted by Gasteiger charge is 2.28. The zero-order valence-electron chi connectivity index (χ0n) is 24.1.